The van der Waals surface area contributed by atoms with Crippen LogP contribution in [0.25, 0.3) is 0 Å². The van der Waals surface area contributed by atoms with Crippen molar-refractivity contribution in [2.24, 2.45) is 5.92 Å². The standard InChI is InChI=1S/C16H14ClNO5/c1-2-23-16(20)12-5-9(8-3-4-8)10-7-14(18(21)22)13(17)6-11(10)15(12)19/h5-9H,2-4H2,1H3/t9-/m0/s1. The van der Waals surface area contributed by atoms with E-state index in [2.05, 4.69) is 0 Å². The van der Waals surface area contributed by atoms with E-state index in [0.717, 1.165) is 12.8 Å². The molecule has 0 amide bonds. The van der Waals surface area contributed by atoms with Crippen molar-refractivity contribution < 1.29 is 19.2 Å². The molecule has 0 saturated heterocycles. The Balaban J connectivity index is 2.12. The SMILES string of the molecule is CCOC(=O)C1=C[C@@H](C2CC2)c2cc([N+](=O)[O-])c(Cl)cc2C1=O. The summed E-state index contributed by atoms with van der Waals surface area (Å²) in [6, 6.07) is 2.65. The third-order valence-electron chi connectivity index (χ3n) is 4.14. The molecular formula is C16H14ClNO5. The van der Waals surface area contributed by atoms with Crippen LogP contribution in [0, 0.1) is 16.0 Å². The van der Waals surface area contributed by atoms with Gasteiger partial charge in [-0.15, -0.1) is 0 Å². The fraction of sp³-hybridized carbons (Fsp3) is 0.375. The van der Waals surface area contributed by atoms with Gasteiger partial charge < -0.3 is 4.74 Å². The lowest BCUT2D eigenvalue weighted by atomic mass is 9.80. The first-order valence-corrected chi connectivity index (χ1v) is 7.73. The van der Waals surface area contributed by atoms with Gasteiger partial charge in [0.25, 0.3) is 5.69 Å². The summed E-state index contributed by atoms with van der Waals surface area (Å²) >= 11 is 5.92. The summed E-state index contributed by atoms with van der Waals surface area (Å²) in [4.78, 5) is 35.1. The normalized spacial score (nSPS) is 19.8. The van der Waals surface area contributed by atoms with Gasteiger partial charge in [-0.25, -0.2) is 4.79 Å². The van der Waals surface area contributed by atoms with E-state index in [9.17, 15) is 19.7 Å². The number of benzene rings is 1. The van der Waals surface area contributed by atoms with Crippen molar-refractivity contribution in [2.45, 2.75) is 25.7 Å². The third kappa shape index (κ3) is 2.74. The zero-order valence-corrected chi connectivity index (χ0v) is 13.1. The number of carbonyl (C=O) groups excluding carboxylic acids is 2. The van der Waals surface area contributed by atoms with E-state index >= 15 is 0 Å². The summed E-state index contributed by atoms with van der Waals surface area (Å²) in [5.74, 6) is -1.07. The summed E-state index contributed by atoms with van der Waals surface area (Å²) in [5, 5.41) is 11.0. The van der Waals surface area contributed by atoms with Gasteiger partial charge in [0.2, 0.25) is 0 Å². The monoisotopic (exact) mass is 335 g/mol. The zero-order chi connectivity index (χ0) is 16.7. The van der Waals surface area contributed by atoms with E-state index < -0.39 is 16.7 Å². The second kappa shape index (κ2) is 5.77. The molecular weight excluding hydrogens is 322 g/mol. The molecule has 1 aromatic carbocycles. The molecule has 7 heteroatoms. The molecule has 23 heavy (non-hydrogen) atoms. The lowest BCUT2D eigenvalue weighted by Crippen LogP contribution is -2.23. The maximum atomic E-state index is 12.6. The van der Waals surface area contributed by atoms with Gasteiger partial charge in [-0.3, -0.25) is 14.9 Å². The van der Waals surface area contributed by atoms with Crippen LogP contribution < -0.4 is 0 Å². The highest BCUT2D eigenvalue weighted by atomic mass is 35.5. The molecule has 0 aromatic heterocycles. The molecule has 120 valence electrons. The molecule has 0 radical (unpaired) electrons. The Kier molecular flexibility index (Phi) is 3.93. The van der Waals surface area contributed by atoms with Crippen LogP contribution in [0.15, 0.2) is 23.8 Å². The van der Waals surface area contributed by atoms with Gasteiger partial charge in [0.15, 0.2) is 5.78 Å². The third-order valence-corrected chi connectivity index (χ3v) is 4.44. The number of allylic oxidation sites excluding steroid dienone is 1. The fourth-order valence-electron chi connectivity index (χ4n) is 2.90. The van der Waals surface area contributed by atoms with Gasteiger partial charge in [-0.05, 0) is 37.3 Å². The molecule has 1 saturated carbocycles. The number of hydrogen-bond acceptors (Lipinski definition) is 5. The number of ketones is 1. The molecule has 6 nitrogen and oxygen atoms in total. The van der Waals surface area contributed by atoms with Crippen LogP contribution in [0.4, 0.5) is 5.69 Å². The molecule has 0 N–H and O–H groups in total. The first-order chi connectivity index (χ1) is 10.9. The number of Topliss-reactive ketones (excluding diaryl/α,β-unsaturated/α-hetero) is 1. The Labute approximate surface area is 137 Å². The lowest BCUT2D eigenvalue weighted by molar-refractivity contribution is -0.384. The number of rotatable bonds is 4. The van der Waals surface area contributed by atoms with Gasteiger partial charge in [0.05, 0.1) is 11.5 Å². The van der Waals surface area contributed by atoms with Crippen LogP contribution in [0.3, 0.4) is 0 Å². The number of nitrogens with zero attached hydrogens (tertiary/aromatic N) is 1. The van der Waals surface area contributed by atoms with Crippen LogP contribution in [0.5, 0.6) is 0 Å². The predicted octanol–water partition coefficient (Wildman–Crippen LogP) is 3.43. The number of halogens is 1. The van der Waals surface area contributed by atoms with Crippen molar-refractivity contribution in [3.05, 3.63) is 50.0 Å². The minimum absolute atomic E-state index is 0.0128. The largest absolute Gasteiger partial charge is 0.462 e. The van der Waals surface area contributed by atoms with E-state index in [1.807, 2.05) is 0 Å². The molecule has 1 aromatic rings. The van der Waals surface area contributed by atoms with Crippen molar-refractivity contribution in [1.82, 2.24) is 0 Å². The number of nitro benzene ring substituents is 1. The lowest BCUT2D eigenvalue weighted by Gasteiger charge is -2.23. The number of ether oxygens (including phenoxy) is 1. The second-order valence-electron chi connectivity index (χ2n) is 5.64. The Bertz CT molecular complexity index is 751. The van der Waals surface area contributed by atoms with Crippen LogP contribution in [-0.2, 0) is 9.53 Å². The minimum atomic E-state index is -0.664. The predicted molar refractivity (Wildman–Crippen MR) is 82.6 cm³/mol. The van der Waals surface area contributed by atoms with Crippen molar-refractivity contribution in [1.29, 1.82) is 0 Å². The van der Waals surface area contributed by atoms with Gasteiger partial charge in [0, 0.05) is 17.5 Å². The summed E-state index contributed by atoms with van der Waals surface area (Å²) in [5.41, 5.74) is 0.586. The number of fused-ring (bicyclic) bond motifs is 1. The van der Waals surface area contributed by atoms with E-state index in [0.29, 0.717) is 5.56 Å². The van der Waals surface area contributed by atoms with E-state index in [1.54, 1.807) is 13.0 Å². The number of hydrogen-bond donors (Lipinski definition) is 0. The fourth-order valence-corrected chi connectivity index (χ4v) is 3.13. The maximum Gasteiger partial charge on any atom is 0.341 e. The van der Waals surface area contributed by atoms with E-state index in [4.69, 9.17) is 16.3 Å². The van der Waals surface area contributed by atoms with Crippen molar-refractivity contribution in [3.63, 3.8) is 0 Å². The minimum Gasteiger partial charge on any atom is -0.462 e. The van der Waals surface area contributed by atoms with Gasteiger partial charge >= 0.3 is 5.97 Å². The van der Waals surface area contributed by atoms with Crippen LogP contribution >= 0.6 is 11.6 Å². The molecule has 1 fully saturated rings. The Morgan fingerprint density at radius 2 is 2.13 bits per heavy atom. The first-order valence-electron chi connectivity index (χ1n) is 7.35. The molecule has 2 aliphatic carbocycles. The molecule has 0 heterocycles. The molecule has 2 aliphatic rings. The van der Waals surface area contributed by atoms with Crippen LogP contribution in [0.2, 0.25) is 5.02 Å². The number of esters is 1. The van der Waals surface area contributed by atoms with Crippen LogP contribution in [-0.4, -0.2) is 23.3 Å². The molecule has 3 rings (SSSR count). The smallest absolute Gasteiger partial charge is 0.341 e. The molecule has 0 aliphatic heterocycles. The second-order valence-corrected chi connectivity index (χ2v) is 6.05. The Morgan fingerprint density at radius 3 is 2.70 bits per heavy atom. The summed E-state index contributed by atoms with van der Waals surface area (Å²) in [6.45, 7) is 1.84. The molecule has 0 unspecified atom stereocenters. The number of nitro groups is 1. The van der Waals surface area contributed by atoms with Crippen molar-refractivity contribution in [2.75, 3.05) is 6.61 Å². The highest BCUT2D eigenvalue weighted by Crippen LogP contribution is 2.48. The van der Waals surface area contributed by atoms with E-state index in [1.165, 1.54) is 12.1 Å². The Hall–Kier alpha value is -2.21. The van der Waals surface area contributed by atoms with Crippen LogP contribution in [0.1, 0.15) is 41.6 Å². The summed E-state index contributed by atoms with van der Waals surface area (Å²) in [7, 11) is 0. The van der Waals surface area contributed by atoms with Gasteiger partial charge in [-0.2, -0.15) is 0 Å². The summed E-state index contributed by atoms with van der Waals surface area (Å²) < 4.78 is 4.94. The summed E-state index contributed by atoms with van der Waals surface area (Å²) in [6.07, 6.45) is 3.51. The molecule has 1 atom stereocenters. The number of carbonyl (C=O) groups is 2. The quantitative estimate of drug-likeness (QED) is 0.364. The average Bonchev–Trinajstić information content (AvgIpc) is 3.32. The van der Waals surface area contributed by atoms with Gasteiger partial charge in [-0.1, -0.05) is 17.7 Å². The highest BCUT2D eigenvalue weighted by Gasteiger charge is 2.40. The Morgan fingerprint density at radius 1 is 1.43 bits per heavy atom. The maximum absolute atomic E-state index is 12.6. The van der Waals surface area contributed by atoms with E-state index in [-0.39, 0.29) is 40.3 Å². The highest BCUT2D eigenvalue weighted by molar-refractivity contribution is 6.34. The average molecular weight is 336 g/mol. The topological polar surface area (TPSA) is 86.5 Å². The zero-order valence-electron chi connectivity index (χ0n) is 12.4. The first kappa shape index (κ1) is 15.7. The van der Waals surface area contributed by atoms with Crippen molar-refractivity contribution in [3.8, 4) is 0 Å². The molecule has 0 spiro atoms. The van der Waals surface area contributed by atoms with Crippen molar-refractivity contribution >= 4 is 29.0 Å². The molecule has 0 bridgehead atoms. The van der Waals surface area contributed by atoms with Gasteiger partial charge in [0.1, 0.15) is 10.6 Å².